The highest BCUT2D eigenvalue weighted by Crippen LogP contribution is 2.06. The standard InChI is InChI=1S/C11H20N4O/c1-4-5-6-14(3)10(16)8-15-7-9(2)11(12)13-15/h7H,4-6,8H2,1-3H3,(H2,12,13). The first-order chi connectivity index (χ1) is 7.54. The van der Waals surface area contributed by atoms with Crippen LogP contribution in [0.1, 0.15) is 25.3 Å². The first-order valence-electron chi connectivity index (χ1n) is 5.58. The minimum Gasteiger partial charge on any atom is -0.382 e. The summed E-state index contributed by atoms with van der Waals surface area (Å²) in [5.41, 5.74) is 6.52. The molecule has 0 aliphatic rings. The Kier molecular flexibility index (Phi) is 4.34. The van der Waals surface area contributed by atoms with Gasteiger partial charge >= 0.3 is 0 Å². The van der Waals surface area contributed by atoms with Crippen molar-refractivity contribution in [2.75, 3.05) is 19.3 Å². The second kappa shape index (κ2) is 5.53. The van der Waals surface area contributed by atoms with E-state index in [1.54, 1.807) is 15.8 Å². The largest absolute Gasteiger partial charge is 0.382 e. The molecule has 0 aliphatic carbocycles. The molecule has 0 aromatic carbocycles. The van der Waals surface area contributed by atoms with E-state index in [0.29, 0.717) is 5.82 Å². The van der Waals surface area contributed by atoms with E-state index in [9.17, 15) is 4.79 Å². The molecule has 16 heavy (non-hydrogen) atoms. The van der Waals surface area contributed by atoms with Gasteiger partial charge < -0.3 is 10.6 Å². The van der Waals surface area contributed by atoms with Crippen molar-refractivity contribution in [1.29, 1.82) is 0 Å². The number of rotatable bonds is 5. The van der Waals surface area contributed by atoms with E-state index in [2.05, 4.69) is 12.0 Å². The number of nitrogens with zero attached hydrogens (tertiary/aromatic N) is 3. The molecule has 1 aromatic heterocycles. The monoisotopic (exact) mass is 224 g/mol. The fraction of sp³-hybridized carbons (Fsp3) is 0.636. The Hall–Kier alpha value is -1.52. The predicted molar refractivity (Wildman–Crippen MR) is 63.9 cm³/mol. The van der Waals surface area contributed by atoms with Crippen molar-refractivity contribution in [1.82, 2.24) is 14.7 Å². The number of hydrogen-bond acceptors (Lipinski definition) is 3. The highest BCUT2D eigenvalue weighted by Gasteiger charge is 2.10. The van der Waals surface area contributed by atoms with Gasteiger partial charge in [0, 0.05) is 25.4 Å². The lowest BCUT2D eigenvalue weighted by Crippen LogP contribution is -2.31. The topological polar surface area (TPSA) is 64.2 Å². The summed E-state index contributed by atoms with van der Waals surface area (Å²) >= 11 is 0. The number of unbranched alkanes of at least 4 members (excludes halogenated alkanes) is 1. The van der Waals surface area contributed by atoms with Gasteiger partial charge in [-0.2, -0.15) is 5.10 Å². The number of likely N-dealkylation sites (N-methyl/N-ethyl adjacent to an activating group) is 1. The second-order valence-corrected chi connectivity index (χ2v) is 4.06. The Bertz CT molecular complexity index is 339. The van der Waals surface area contributed by atoms with Gasteiger partial charge in [-0.3, -0.25) is 9.48 Å². The SMILES string of the molecule is CCCCN(C)C(=O)Cn1cc(C)c(N)n1. The maximum atomic E-state index is 11.8. The third-order valence-electron chi connectivity index (χ3n) is 2.55. The lowest BCUT2D eigenvalue weighted by molar-refractivity contribution is -0.130. The Morgan fingerprint density at radius 3 is 2.81 bits per heavy atom. The van der Waals surface area contributed by atoms with E-state index in [0.717, 1.165) is 24.9 Å². The van der Waals surface area contributed by atoms with Crippen LogP contribution in [0.5, 0.6) is 0 Å². The molecule has 0 saturated carbocycles. The number of carbonyl (C=O) groups excluding carboxylic acids is 1. The van der Waals surface area contributed by atoms with Gasteiger partial charge in [-0.15, -0.1) is 0 Å². The molecule has 0 fully saturated rings. The number of anilines is 1. The van der Waals surface area contributed by atoms with Crippen LogP contribution in [0.25, 0.3) is 0 Å². The molecule has 0 atom stereocenters. The van der Waals surface area contributed by atoms with Crippen molar-refractivity contribution in [3.63, 3.8) is 0 Å². The predicted octanol–water partition coefficient (Wildman–Crippen LogP) is 1.03. The molecule has 1 rings (SSSR count). The first-order valence-corrected chi connectivity index (χ1v) is 5.58. The average Bonchev–Trinajstić information content (AvgIpc) is 2.54. The van der Waals surface area contributed by atoms with E-state index in [4.69, 9.17) is 5.73 Å². The van der Waals surface area contributed by atoms with E-state index >= 15 is 0 Å². The number of nitrogens with two attached hydrogens (primary N) is 1. The van der Waals surface area contributed by atoms with Crippen LogP contribution in [0.4, 0.5) is 5.82 Å². The van der Waals surface area contributed by atoms with E-state index in [-0.39, 0.29) is 12.5 Å². The van der Waals surface area contributed by atoms with Gasteiger partial charge in [0.15, 0.2) is 0 Å². The quantitative estimate of drug-likeness (QED) is 0.812. The van der Waals surface area contributed by atoms with Gasteiger partial charge in [0.2, 0.25) is 5.91 Å². The summed E-state index contributed by atoms with van der Waals surface area (Å²) in [5.74, 6) is 0.556. The summed E-state index contributed by atoms with van der Waals surface area (Å²) in [6, 6.07) is 0. The minimum absolute atomic E-state index is 0.0657. The van der Waals surface area contributed by atoms with Gasteiger partial charge in [-0.05, 0) is 13.3 Å². The highest BCUT2D eigenvalue weighted by atomic mass is 16.2. The molecule has 0 aliphatic heterocycles. The maximum absolute atomic E-state index is 11.8. The fourth-order valence-electron chi connectivity index (χ4n) is 1.40. The summed E-state index contributed by atoms with van der Waals surface area (Å²) in [5, 5.41) is 4.06. The molecule has 1 heterocycles. The molecule has 0 bridgehead atoms. The van der Waals surface area contributed by atoms with E-state index < -0.39 is 0 Å². The smallest absolute Gasteiger partial charge is 0.244 e. The van der Waals surface area contributed by atoms with Crippen LogP contribution in [0.15, 0.2) is 6.20 Å². The Morgan fingerprint density at radius 2 is 2.31 bits per heavy atom. The number of aromatic nitrogens is 2. The summed E-state index contributed by atoms with van der Waals surface area (Å²) < 4.78 is 1.59. The Balaban J connectivity index is 2.50. The molecule has 0 radical (unpaired) electrons. The third kappa shape index (κ3) is 3.25. The molecule has 0 spiro atoms. The van der Waals surface area contributed by atoms with Gasteiger partial charge in [0.1, 0.15) is 12.4 Å². The summed E-state index contributed by atoms with van der Waals surface area (Å²) in [6.45, 7) is 5.04. The summed E-state index contributed by atoms with van der Waals surface area (Å²) in [6.07, 6.45) is 3.91. The molecule has 5 heteroatoms. The van der Waals surface area contributed by atoms with Crippen molar-refractivity contribution in [3.8, 4) is 0 Å². The normalized spacial score (nSPS) is 10.4. The average molecular weight is 224 g/mol. The summed E-state index contributed by atoms with van der Waals surface area (Å²) in [4.78, 5) is 13.5. The van der Waals surface area contributed by atoms with Crippen molar-refractivity contribution >= 4 is 11.7 Å². The highest BCUT2D eigenvalue weighted by molar-refractivity contribution is 5.75. The molecule has 2 N–H and O–H groups in total. The van der Waals surface area contributed by atoms with Gasteiger partial charge in [-0.1, -0.05) is 13.3 Å². The molecular weight excluding hydrogens is 204 g/mol. The number of hydrogen-bond donors (Lipinski definition) is 1. The molecular formula is C11H20N4O. The lowest BCUT2D eigenvalue weighted by Gasteiger charge is -2.16. The molecule has 1 aromatic rings. The second-order valence-electron chi connectivity index (χ2n) is 4.06. The molecule has 1 amide bonds. The van der Waals surface area contributed by atoms with Crippen LogP contribution >= 0.6 is 0 Å². The number of amides is 1. The molecule has 90 valence electrons. The van der Waals surface area contributed by atoms with E-state index in [1.807, 2.05) is 14.0 Å². The third-order valence-corrected chi connectivity index (χ3v) is 2.55. The molecule has 0 saturated heterocycles. The Morgan fingerprint density at radius 1 is 1.62 bits per heavy atom. The van der Waals surface area contributed by atoms with Crippen LogP contribution in [0.3, 0.4) is 0 Å². The van der Waals surface area contributed by atoms with Crippen LogP contribution in [0, 0.1) is 6.92 Å². The van der Waals surface area contributed by atoms with Crippen LogP contribution in [-0.4, -0.2) is 34.2 Å². The zero-order valence-corrected chi connectivity index (χ0v) is 10.2. The van der Waals surface area contributed by atoms with E-state index in [1.165, 1.54) is 0 Å². The zero-order valence-electron chi connectivity index (χ0n) is 10.2. The maximum Gasteiger partial charge on any atom is 0.244 e. The van der Waals surface area contributed by atoms with Crippen molar-refractivity contribution in [3.05, 3.63) is 11.8 Å². The number of nitrogen functional groups attached to an aromatic ring is 1. The van der Waals surface area contributed by atoms with Crippen molar-refractivity contribution < 1.29 is 4.79 Å². The fourth-order valence-corrected chi connectivity index (χ4v) is 1.40. The van der Waals surface area contributed by atoms with Crippen LogP contribution in [-0.2, 0) is 11.3 Å². The van der Waals surface area contributed by atoms with Crippen LogP contribution < -0.4 is 5.73 Å². The number of aryl methyl sites for hydroxylation is 1. The van der Waals surface area contributed by atoms with Gasteiger partial charge in [-0.25, -0.2) is 0 Å². The Labute approximate surface area is 96.2 Å². The lowest BCUT2D eigenvalue weighted by atomic mass is 10.3. The zero-order chi connectivity index (χ0) is 12.1. The van der Waals surface area contributed by atoms with Gasteiger partial charge in [0.25, 0.3) is 0 Å². The van der Waals surface area contributed by atoms with Crippen molar-refractivity contribution in [2.45, 2.75) is 33.2 Å². The van der Waals surface area contributed by atoms with Crippen molar-refractivity contribution in [2.24, 2.45) is 0 Å². The molecule has 5 nitrogen and oxygen atoms in total. The minimum atomic E-state index is 0.0657. The molecule has 0 unspecified atom stereocenters. The van der Waals surface area contributed by atoms with Gasteiger partial charge in [0.05, 0.1) is 0 Å². The first kappa shape index (κ1) is 12.5. The van der Waals surface area contributed by atoms with Crippen LogP contribution in [0.2, 0.25) is 0 Å². The number of carbonyl (C=O) groups is 1. The summed E-state index contributed by atoms with van der Waals surface area (Å²) in [7, 11) is 1.82.